The number of carbonyl (C=O) groups excluding carboxylic acids is 1. The number of carbonyl (C=O) groups is 1. The molecule has 0 rings (SSSR count). The summed E-state index contributed by atoms with van der Waals surface area (Å²) in [5.74, 6) is -0.706. The van der Waals surface area contributed by atoms with Gasteiger partial charge in [-0.3, -0.25) is 0 Å². The highest BCUT2D eigenvalue weighted by Gasteiger charge is 2.17. The molecule has 0 amide bonds. The molecule has 0 aromatic carbocycles. The molecule has 0 aliphatic rings. The minimum Gasteiger partial charge on any atom is -0.459 e. The molecule has 2 unspecified atom stereocenters. The van der Waals surface area contributed by atoms with Crippen molar-refractivity contribution < 1.29 is 19.0 Å². The molecule has 0 spiro atoms. The van der Waals surface area contributed by atoms with Crippen molar-refractivity contribution in [2.24, 2.45) is 0 Å². The molecule has 0 bridgehead atoms. The molecule has 0 aromatic heterocycles. The van der Waals surface area contributed by atoms with Gasteiger partial charge < -0.3 is 14.2 Å². The number of ether oxygens (including phenoxy) is 3. The minimum absolute atomic E-state index is 0.0692. The van der Waals surface area contributed by atoms with Gasteiger partial charge in [0.2, 0.25) is 0 Å². The number of unbranched alkanes of at least 4 members (excludes halogenated alkanes) is 1. The fraction of sp³-hybridized carbons (Fsp3) is 0.750. The van der Waals surface area contributed by atoms with Crippen LogP contribution in [0.4, 0.5) is 0 Å². The van der Waals surface area contributed by atoms with Gasteiger partial charge in [-0.1, -0.05) is 33.3 Å². The summed E-state index contributed by atoms with van der Waals surface area (Å²) in [7, 11) is 0. The van der Waals surface area contributed by atoms with E-state index in [1.54, 1.807) is 6.07 Å². The number of esters is 1. The summed E-state index contributed by atoms with van der Waals surface area (Å²) in [6, 6.07) is 1.67. The normalized spacial score (nSPS) is 13.2. The van der Waals surface area contributed by atoms with Crippen molar-refractivity contribution in [3.63, 3.8) is 0 Å². The molecule has 0 fully saturated rings. The van der Waals surface area contributed by atoms with E-state index in [4.69, 9.17) is 19.5 Å². The molecule has 21 heavy (non-hydrogen) atoms. The summed E-state index contributed by atoms with van der Waals surface area (Å²) < 4.78 is 16.3. The fourth-order valence-corrected chi connectivity index (χ4v) is 1.68. The number of rotatable bonds is 12. The Morgan fingerprint density at radius 2 is 2.00 bits per heavy atom. The van der Waals surface area contributed by atoms with Crippen LogP contribution in [0.15, 0.2) is 12.2 Å². The van der Waals surface area contributed by atoms with Gasteiger partial charge in [0, 0.05) is 6.61 Å². The summed E-state index contributed by atoms with van der Waals surface area (Å²) in [6.07, 6.45) is 3.84. The van der Waals surface area contributed by atoms with Gasteiger partial charge in [0.05, 0.1) is 12.7 Å². The lowest BCUT2D eigenvalue weighted by atomic mass is 10.2. The van der Waals surface area contributed by atoms with E-state index >= 15 is 0 Å². The number of hydrogen-bond donors (Lipinski definition) is 0. The lowest BCUT2D eigenvalue weighted by Crippen LogP contribution is -2.31. The first-order valence-electron chi connectivity index (χ1n) is 7.54. The summed E-state index contributed by atoms with van der Waals surface area (Å²) in [6.45, 7) is 10.6. The van der Waals surface area contributed by atoms with Crippen molar-refractivity contribution in [3.8, 4) is 6.07 Å². The second-order valence-corrected chi connectivity index (χ2v) is 4.97. The van der Waals surface area contributed by atoms with Gasteiger partial charge >= 0.3 is 5.97 Å². The van der Waals surface area contributed by atoms with E-state index in [-0.39, 0.29) is 24.4 Å². The second-order valence-electron chi connectivity index (χ2n) is 4.97. The summed E-state index contributed by atoms with van der Waals surface area (Å²) in [5.41, 5.74) is -0.206. The Balaban J connectivity index is 4.27. The maximum atomic E-state index is 11.4. The van der Waals surface area contributed by atoms with Crippen molar-refractivity contribution in [1.29, 1.82) is 5.26 Å². The molecule has 2 atom stereocenters. The fourth-order valence-electron chi connectivity index (χ4n) is 1.68. The lowest BCUT2D eigenvalue weighted by molar-refractivity contribution is -0.147. The highest BCUT2D eigenvalue weighted by atomic mass is 16.6. The zero-order valence-corrected chi connectivity index (χ0v) is 13.4. The van der Waals surface area contributed by atoms with Gasteiger partial charge in [0.15, 0.2) is 0 Å². The quantitative estimate of drug-likeness (QED) is 0.240. The van der Waals surface area contributed by atoms with E-state index in [0.717, 1.165) is 25.7 Å². The van der Waals surface area contributed by atoms with Crippen LogP contribution < -0.4 is 0 Å². The third-order valence-corrected chi connectivity index (χ3v) is 2.82. The van der Waals surface area contributed by atoms with Crippen LogP contribution in [0.25, 0.3) is 0 Å². The molecule has 0 aromatic rings. The molecule has 5 heteroatoms. The van der Waals surface area contributed by atoms with Crippen molar-refractivity contribution in [2.75, 3.05) is 19.8 Å². The topological polar surface area (TPSA) is 68.6 Å². The molecule has 0 aliphatic heterocycles. The number of hydrogen-bond acceptors (Lipinski definition) is 5. The van der Waals surface area contributed by atoms with E-state index in [0.29, 0.717) is 13.2 Å². The molecule has 120 valence electrons. The average Bonchev–Trinajstić information content (AvgIpc) is 2.49. The maximum absolute atomic E-state index is 11.4. The summed E-state index contributed by atoms with van der Waals surface area (Å²) >= 11 is 0. The Labute approximate surface area is 127 Å². The first kappa shape index (κ1) is 19.6. The van der Waals surface area contributed by atoms with Crippen LogP contribution in [0.1, 0.15) is 46.5 Å². The van der Waals surface area contributed by atoms with Gasteiger partial charge in [-0.15, -0.1) is 0 Å². The Morgan fingerprint density at radius 3 is 2.57 bits per heavy atom. The van der Waals surface area contributed by atoms with Crippen molar-refractivity contribution in [1.82, 2.24) is 0 Å². The molecule has 0 saturated carbocycles. The average molecular weight is 297 g/mol. The van der Waals surface area contributed by atoms with E-state index in [1.165, 1.54) is 0 Å². The molecule has 5 nitrogen and oxygen atoms in total. The second kappa shape index (κ2) is 12.4. The van der Waals surface area contributed by atoms with Crippen LogP contribution >= 0.6 is 0 Å². The Kier molecular flexibility index (Phi) is 11.6. The van der Waals surface area contributed by atoms with Crippen LogP contribution in [0.5, 0.6) is 0 Å². The highest BCUT2D eigenvalue weighted by molar-refractivity contribution is 5.91. The van der Waals surface area contributed by atoms with Crippen molar-refractivity contribution in [3.05, 3.63) is 12.2 Å². The molecular weight excluding hydrogens is 270 g/mol. The largest absolute Gasteiger partial charge is 0.459 e. The first-order chi connectivity index (χ1) is 10.0. The van der Waals surface area contributed by atoms with E-state index in [1.807, 2.05) is 13.8 Å². The zero-order chi connectivity index (χ0) is 16.1. The molecule has 0 aliphatic carbocycles. The molecular formula is C16H27NO4. The third-order valence-electron chi connectivity index (χ3n) is 2.82. The van der Waals surface area contributed by atoms with Gasteiger partial charge in [0.1, 0.15) is 24.4 Å². The smallest absolute Gasteiger partial charge is 0.348 e. The van der Waals surface area contributed by atoms with Crippen molar-refractivity contribution >= 4 is 5.97 Å². The maximum Gasteiger partial charge on any atom is 0.348 e. The zero-order valence-electron chi connectivity index (χ0n) is 13.4. The van der Waals surface area contributed by atoms with E-state index < -0.39 is 5.97 Å². The predicted molar refractivity (Wildman–Crippen MR) is 80.7 cm³/mol. The van der Waals surface area contributed by atoms with Gasteiger partial charge in [0.25, 0.3) is 0 Å². The van der Waals surface area contributed by atoms with E-state index in [2.05, 4.69) is 13.5 Å². The van der Waals surface area contributed by atoms with Gasteiger partial charge in [-0.25, -0.2) is 4.79 Å². The van der Waals surface area contributed by atoms with Gasteiger partial charge in [-0.2, -0.15) is 5.26 Å². The SMILES string of the molecule is C=C(C#N)C(=O)OCC(COCCC)OC(C)CCCC. The molecule has 0 radical (unpaired) electrons. The molecule has 0 saturated heterocycles. The highest BCUT2D eigenvalue weighted by Crippen LogP contribution is 2.09. The Morgan fingerprint density at radius 1 is 1.29 bits per heavy atom. The standard InChI is InChI=1S/C16H27NO4/c1-5-7-8-14(4)21-15(11-19-9-6-2)12-20-16(18)13(3)10-17/h14-15H,3,5-9,11-12H2,1-2,4H3. The van der Waals surface area contributed by atoms with Crippen LogP contribution in [0, 0.1) is 11.3 Å². The Hall–Kier alpha value is -1.38. The van der Waals surface area contributed by atoms with Crippen LogP contribution in [-0.4, -0.2) is 38.0 Å². The summed E-state index contributed by atoms with van der Waals surface area (Å²) in [4.78, 5) is 11.4. The molecule has 0 heterocycles. The van der Waals surface area contributed by atoms with E-state index in [9.17, 15) is 4.79 Å². The Bertz CT molecular complexity index is 349. The monoisotopic (exact) mass is 297 g/mol. The number of nitriles is 1. The third kappa shape index (κ3) is 10.1. The molecule has 0 N–H and O–H groups in total. The van der Waals surface area contributed by atoms with Crippen LogP contribution in [0.3, 0.4) is 0 Å². The number of nitrogens with zero attached hydrogens (tertiary/aromatic N) is 1. The van der Waals surface area contributed by atoms with Crippen molar-refractivity contribution in [2.45, 2.75) is 58.7 Å². The van der Waals surface area contributed by atoms with Crippen LogP contribution in [0.2, 0.25) is 0 Å². The van der Waals surface area contributed by atoms with Crippen LogP contribution in [-0.2, 0) is 19.0 Å². The minimum atomic E-state index is -0.706. The summed E-state index contributed by atoms with van der Waals surface area (Å²) in [5, 5.41) is 8.58. The predicted octanol–water partition coefficient (Wildman–Crippen LogP) is 3.00. The first-order valence-corrected chi connectivity index (χ1v) is 7.54. The lowest BCUT2D eigenvalue weighted by Gasteiger charge is -2.22. The van der Waals surface area contributed by atoms with Gasteiger partial charge in [-0.05, 0) is 19.8 Å².